The number of rotatable bonds is 10. The number of ketones is 1. The molecule has 338 valence electrons. The molecular weight excluding hydrogens is 769 g/mol. The van der Waals surface area contributed by atoms with Gasteiger partial charge in [0.2, 0.25) is 0 Å². The summed E-state index contributed by atoms with van der Waals surface area (Å²) >= 11 is 0. The lowest BCUT2D eigenvalue weighted by molar-refractivity contribution is -0.321. The molecule has 3 fully saturated rings. The van der Waals surface area contributed by atoms with Gasteiger partial charge in [0, 0.05) is 37.3 Å². The highest BCUT2D eigenvalue weighted by atomic mass is 19.1. The highest BCUT2D eigenvalue weighted by Gasteiger charge is 2.54. The third-order valence-electron chi connectivity index (χ3n) is 13.3. The summed E-state index contributed by atoms with van der Waals surface area (Å²) in [4.78, 5) is 30.6. The van der Waals surface area contributed by atoms with Crippen LogP contribution < -0.4 is 0 Å². The van der Waals surface area contributed by atoms with Crippen LogP contribution in [-0.2, 0) is 49.4 Å². The molecule has 4 N–H and O–H groups in total. The van der Waals surface area contributed by atoms with Gasteiger partial charge in [-0.15, -0.1) is 0 Å². The van der Waals surface area contributed by atoms with E-state index in [4.69, 9.17) is 33.2 Å². The third-order valence-corrected chi connectivity index (χ3v) is 13.3. The van der Waals surface area contributed by atoms with E-state index in [9.17, 15) is 34.4 Å². The number of hydrogen-bond donors (Lipinski definition) is 4. The molecule has 0 bridgehead atoms. The van der Waals surface area contributed by atoms with Crippen LogP contribution in [0.25, 0.3) is 0 Å². The summed E-state index contributed by atoms with van der Waals surface area (Å²) in [6.07, 6.45) is -9.67. The number of nitrogens with zero attached hydrogens (tertiary/aromatic N) is 1. The number of aliphatic hydroxyl groups is 4. The highest BCUT2D eigenvalue weighted by molar-refractivity contribution is 5.83. The van der Waals surface area contributed by atoms with Crippen LogP contribution in [0.15, 0.2) is 24.3 Å². The number of likely N-dealkylation sites (N-methyl/N-ethyl adjacent to an activating group) is 1. The average Bonchev–Trinajstić information content (AvgIpc) is 3.18. The van der Waals surface area contributed by atoms with Crippen molar-refractivity contribution in [3.05, 3.63) is 35.6 Å². The minimum atomic E-state index is -2.02. The predicted octanol–water partition coefficient (Wildman–Crippen LogP) is 4.15. The first-order chi connectivity index (χ1) is 27.4. The van der Waals surface area contributed by atoms with E-state index >= 15 is 0 Å². The molecule has 0 aliphatic carbocycles. The van der Waals surface area contributed by atoms with Crippen molar-refractivity contribution in [1.29, 1.82) is 0 Å². The second kappa shape index (κ2) is 19.9. The van der Waals surface area contributed by atoms with Gasteiger partial charge in [-0.2, -0.15) is 0 Å². The van der Waals surface area contributed by atoms with Crippen molar-refractivity contribution in [2.24, 2.45) is 23.7 Å². The lowest BCUT2D eigenvalue weighted by Crippen LogP contribution is -2.61. The van der Waals surface area contributed by atoms with E-state index < -0.39 is 108 Å². The van der Waals surface area contributed by atoms with Crippen LogP contribution >= 0.6 is 0 Å². The van der Waals surface area contributed by atoms with Crippen LogP contribution in [-0.4, -0.2) is 143 Å². The molecule has 3 heterocycles. The molecule has 0 unspecified atom stereocenters. The van der Waals surface area contributed by atoms with E-state index in [0.29, 0.717) is 12.0 Å². The van der Waals surface area contributed by atoms with Gasteiger partial charge in [-0.3, -0.25) is 9.59 Å². The van der Waals surface area contributed by atoms with Crippen molar-refractivity contribution in [2.45, 2.75) is 186 Å². The summed E-state index contributed by atoms with van der Waals surface area (Å²) < 4.78 is 59.0. The fourth-order valence-corrected chi connectivity index (χ4v) is 9.36. The fraction of sp³-hybridized carbons (Fsp3) is 0.818. The van der Waals surface area contributed by atoms with Gasteiger partial charge in [-0.1, -0.05) is 39.8 Å². The van der Waals surface area contributed by atoms with Crippen molar-refractivity contribution in [3.8, 4) is 0 Å². The molecule has 59 heavy (non-hydrogen) atoms. The standard InChI is InChI=1S/C44H72FNO13/c1-14-32-44(10,52)37(49)25(4)34(47)23(2)20-43(9,54-22-29-15-17-30(45)18-16-29)39(59-41-35(48)31(46(11)12)19-24(3)55-41)26(5)36(27(6)40(51)57-32)58-33-21-42(8,53-13)38(50)28(7)56-33/h15-18,23-28,31-33,35-39,41,48-50,52H,14,19-22H2,1-13H3/t23-,24-,25+,26+,27-,28+,31+,32-,33+,35-,36+,37-,38+,39-,41+,42-,43+,44-/m1/s1. The third kappa shape index (κ3) is 11.1. The van der Waals surface area contributed by atoms with E-state index in [0.717, 1.165) is 0 Å². The van der Waals surface area contributed by atoms with E-state index in [2.05, 4.69) is 0 Å². The Hall–Kier alpha value is -2.15. The molecule has 3 saturated heterocycles. The van der Waals surface area contributed by atoms with Crippen LogP contribution in [0, 0.1) is 29.5 Å². The molecule has 15 heteroatoms. The Morgan fingerprint density at radius 2 is 1.51 bits per heavy atom. The Balaban J connectivity index is 1.94. The lowest BCUT2D eigenvalue weighted by atomic mass is 9.73. The summed E-state index contributed by atoms with van der Waals surface area (Å²) in [5.41, 5.74) is -3.91. The molecule has 3 aliphatic heterocycles. The Morgan fingerprint density at radius 1 is 0.881 bits per heavy atom. The Morgan fingerprint density at radius 3 is 2.08 bits per heavy atom. The Kier molecular flexibility index (Phi) is 16.7. The maximum absolute atomic E-state index is 14.4. The smallest absolute Gasteiger partial charge is 0.311 e. The summed E-state index contributed by atoms with van der Waals surface area (Å²) in [6, 6.07) is 5.46. The monoisotopic (exact) mass is 841 g/mol. The number of benzene rings is 1. The normalized spacial score (nSPS) is 44.6. The minimum absolute atomic E-state index is 0.00434. The largest absolute Gasteiger partial charge is 0.459 e. The van der Waals surface area contributed by atoms with Crippen molar-refractivity contribution >= 4 is 11.8 Å². The number of halogens is 1. The molecular formula is C44H72FNO13. The van der Waals surface area contributed by atoms with E-state index in [1.165, 1.54) is 33.1 Å². The maximum atomic E-state index is 14.4. The van der Waals surface area contributed by atoms with Crippen LogP contribution in [0.2, 0.25) is 0 Å². The second-order valence-corrected chi connectivity index (χ2v) is 18.3. The van der Waals surface area contributed by atoms with Gasteiger partial charge >= 0.3 is 5.97 Å². The quantitative estimate of drug-likeness (QED) is 0.247. The molecule has 0 aromatic heterocycles. The van der Waals surface area contributed by atoms with Crippen LogP contribution in [0.1, 0.15) is 100 Å². The van der Waals surface area contributed by atoms with Crippen molar-refractivity contribution in [1.82, 2.24) is 4.90 Å². The molecule has 4 rings (SSSR count). The maximum Gasteiger partial charge on any atom is 0.311 e. The van der Waals surface area contributed by atoms with E-state index in [-0.39, 0.29) is 43.8 Å². The number of carbonyl (C=O) groups is 2. The molecule has 0 spiro atoms. The molecule has 0 saturated carbocycles. The van der Waals surface area contributed by atoms with Gasteiger partial charge in [0.05, 0.1) is 54.2 Å². The number of hydrogen-bond acceptors (Lipinski definition) is 14. The molecule has 0 amide bonds. The van der Waals surface area contributed by atoms with Gasteiger partial charge in [-0.25, -0.2) is 4.39 Å². The molecule has 14 nitrogen and oxygen atoms in total. The zero-order valence-corrected chi connectivity index (χ0v) is 37.3. The highest BCUT2D eigenvalue weighted by Crippen LogP contribution is 2.42. The van der Waals surface area contributed by atoms with Crippen molar-refractivity contribution in [2.75, 3.05) is 21.2 Å². The van der Waals surface area contributed by atoms with Gasteiger partial charge < -0.3 is 58.5 Å². The van der Waals surface area contributed by atoms with Crippen molar-refractivity contribution in [3.63, 3.8) is 0 Å². The predicted molar refractivity (Wildman–Crippen MR) is 215 cm³/mol. The SMILES string of the molecule is CC[C@H]1OC(=O)[C@H](C)[C@@H](O[C@H]2C[C@@](C)(OC)[C@@H](O)[C@H](C)O2)[C@H](C)[C@@H](O[C@@H]2O[C@H](C)C[C@H](N(C)C)[C@H]2O)[C@@](C)(OCc2ccc(F)cc2)C[C@@H](C)C(=O)[C@H](C)[C@@H](O)[C@]1(C)O. The summed E-state index contributed by atoms with van der Waals surface area (Å²) in [5.74, 6) is -5.36. The molecule has 1 aromatic rings. The number of methoxy groups -OCH3 is 1. The number of cyclic esters (lactones) is 1. The number of aliphatic hydroxyl groups excluding tert-OH is 3. The van der Waals surface area contributed by atoms with Crippen molar-refractivity contribution < 1.29 is 67.6 Å². The Labute approximate surface area is 350 Å². The second-order valence-electron chi connectivity index (χ2n) is 18.3. The van der Waals surface area contributed by atoms with Gasteiger partial charge in [0.15, 0.2) is 12.6 Å². The zero-order chi connectivity index (χ0) is 44.4. The first kappa shape index (κ1) is 49.5. The first-order valence-electron chi connectivity index (χ1n) is 21.1. The number of ether oxygens (including phenoxy) is 7. The molecule has 1 aromatic carbocycles. The number of carbonyl (C=O) groups excluding carboxylic acids is 2. The lowest BCUT2D eigenvalue weighted by Gasteiger charge is -2.50. The van der Waals surface area contributed by atoms with Gasteiger partial charge in [0.1, 0.15) is 35.5 Å². The van der Waals surface area contributed by atoms with Crippen LogP contribution in [0.4, 0.5) is 4.39 Å². The topological polar surface area (TPSA) is 183 Å². The number of esters is 1. The van der Waals surface area contributed by atoms with E-state index in [1.807, 2.05) is 32.8 Å². The molecule has 18 atom stereocenters. The Bertz CT molecular complexity index is 1530. The van der Waals surface area contributed by atoms with Gasteiger partial charge in [-0.05, 0) is 92.6 Å². The number of Topliss-reactive ketones (excluding diaryl/α,β-unsaturated/α-hetero) is 1. The summed E-state index contributed by atoms with van der Waals surface area (Å²) in [6.45, 7) is 16.8. The molecule has 0 radical (unpaired) electrons. The summed E-state index contributed by atoms with van der Waals surface area (Å²) in [5, 5.41) is 46.2. The molecule has 3 aliphatic rings. The summed E-state index contributed by atoms with van der Waals surface area (Å²) in [7, 11) is 5.21. The zero-order valence-electron chi connectivity index (χ0n) is 37.3. The van der Waals surface area contributed by atoms with Crippen LogP contribution in [0.5, 0.6) is 0 Å². The van der Waals surface area contributed by atoms with Crippen LogP contribution in [0.3, 0.4) is 0 Å². The minimum Gasteiger partial charge on any atom is -0.459 e. The van der Waals surface area contributed by atoms with Gasteiger partial charge in [0.25, 0.3) is 0 Å². The van der Waals surface area contributed by atoms with E-state index in [1.54, 1.807) is 53.7 Å². The first-order valence-corrected chi connectivity index (χ1v) is 21.1. The average molecular weight is 842 g/mol. The fourth-order valence-electron chi connectivity index (χ4n) is 9.36.